The van der Waals surface area contributed by atoms with Gasteiger partial charge in [-0.25, -0.2) is 4.79 Å². The van der Waals surface area contributed by atoms with Crippen molar-refractivity contribution in [1.82, 2.24) is 0 Å². The number of anilines is 3. The normalized spacial score (nSPS) is 16.7. The van der Waals surface area contributed by atoms with Crippen molar-refractivity contribution in [2.75, 3.05) is 16.4 Å². The fourth-order valence-electron chi connectivity index (χ4n) is 3.54. The molecule has 1 saturated carbocycles. The lowest BCUT2D eigenvalue weighted by Crippen LogP contribution is -2.21. The fraction of sp³-hybridized carbons (Fsp3) is 0.200. The van der Waals surface area contributed by atoms with Gasteiger partial charge in [-0.05, 0) is 47.9 Å². The molecule has 0 spiro atoms. The van der Waals surface area contributed by atoms with Gasteiger partial charge in [-0.2, -0.15) is 0 Å². The second-order valence-corrected chi connectivity index (χ2v) is 8.25. The van der Waals surface area contributed by atoms with Crippen LogP contribution in [0.2, 0.25) is 0 Å². The van der Waals surface area contributed by atoms with Crippen LogP contribution in [0.4, 0.5) is 35.0 Å². The zero-order valence-corrected chi connectivity index (χ0v) is 18.8. The molecule has 0 heterocycles. The molecule has 188 valence electrons. The van der Waals surface area contributed by atoms with Crippen LogP contribution in [0.15, 0.2) is 66.7 Å². The third-order valence-corrected chi connectivity index (χ3v) is 5.53. The minimum absolute atomic E-state index is 0.0999. The molecule has 4 rings (SSSR count). The summed E-state index contributed by atoms with van der Waals surface area (Å²) >= 11 is 0. The third-order valence-electron chi connectivity index (χ3n) is 5.53. The number of rotatable bonds is 7. The maximum atomic E-state index is 13.0. The SMILES string of the molecule is Nc1ccccc1NC(=O)c1ccc(NC(=O)OCc2ccc(C3CC3N)cc2)c(OC(F)(F)F)c1. The highest BCUT2D eigenvalue weighted by molar-refractivity contribution is 6.06. The van der Waals surface area contributed by atoms with E-state index in [0.717, 1.165) is 24.1 Å². The number of benzene rings is 3. The Morgan fingerprint density at radius 1 is 0.972 bits per heavy atom. The Bertz CT molecular complexity index is 1260. The number of carbonyl (C=O) groups excluding carboxylic acids is 2. The molecule has 3 aromatic carbocycles. The van der Waals surface area contributed by atoms with Crippen LogP contribution in [0, 0.1) is 0 Å². The molecule has 2 unspecified atom stereocenters. The smallest absolute Gasteiger partial charge is 0.444 e. The van der Waals surface area contributed by atoms with Crippen molar-refractivity contribution in [3.8, 4) is 5.75 Å². The van der Waals surface area contributed by atoms with E-state index < -0.39 is 24.1 Å². The van der Waals surface area contributed by atoms with Crippen LogP contribution >= 0.6 is 0 Å². The first-order valence-electron chi connectivity index (χ1n) is 10.9. The number of hydrogen-bond donors (Lipinski definition) is 4. The van der Waals surface area contributed by atoms with Crippen LogP contribution in [-0.4, -0.2) is 24.4 Å². The Balaban J connectivity index is 1.42. The molecular formula is C25H23F3N4O4. The minimum atomic E-state index is -5.06. The summed E-state index contributed by atoms with van der Waals surface area (Å²) in [5, 5.41) is 4.73. The molecule has 0 radical (unpaired) electrons. The number of amides is 2. The number of nitrogens with two attached hydrogens (primary N) is 2. The second kappa shape index (κ2) is 10.2. The molecule has 0 bridgehead atoms. The lowest BCUT2D eigenvalue weighted by Gasteiger charge is -2.16. The van der Waals surface area contributed by atoms with Gasteiger partial charge >= 0.3 is 12.5 Å². The van der Waals surface area contributed by atoms with Gasteiger partial charge in [0.15, 0.2) is 5.75 Å². The van der Waals surface area contributed by atoms with Crippen molar-refractivity contribution in [1.29, 1.82) is 0 Å². The highest BCUT2D eigenvalue weighted by atomic mass is 19.4. The number of ether oxygens (including phenoxy) is 2. The van der Waals surface area contributed by atoms with Crippen molar-refractivity contribution >= 4 is 29.1 Å². The largest absolute Gasteiger partial charge is 0.573 e. The van der Waals surface area contributed by atoms with E-state index in [4.69, 9.17) is 16.2 Å². The minimum Gasteiger partial charge on any atom is -0.444 e. The molecule has 0 aromatic heterocycles. The first kappa shape index (κ1) is 24.9. The molecule has 6 N–H and O–H groups in total. The number of nitrogens with one attached hydrogen (secondary N) is 2. The number of alkyl halides is 3. The van der Waals surface area contributed by atoms with Gasteiger partial charge in [-0.1, -0.05) is 36.4 Å². The lowest BCUT2D eigenvalue weighted by atomic mass is 10.1. The Kier molecular flexibility index (Phi) is 7.02. The first-order chi connectivity index (χ1) is 17.1. The number of hydrogen-bond acceptors (Lipinski definition) is 6. The van der Waals surface area contributed by atoms with E-state index in [9.17, 15) is 22.8 Å². The number of carbonyl (C=O) groups is 2. The molecule has 0 saturated heterocycles. The van der Waals surface area contributed by atoms with E-state index in [2.05, 4.69) is 15.4 Å². The molecule has 2 amide bonds. The predicted octanol–water partition coefficient (Wildman–Crippen LogP) is 4.98. The molecule has 1 aliphatic rings. The summed E-state index contributed by atoms with van der Waals surface area (Å²) in [4.78, 5) is 24.8. The highest BCUT2D eigenvalue weighted by Gasteiger charge is 2.34. The third kappa shape index (κ3) is 6.45. The maximum absolute atomic E-state index is 13.0. The van der Waals surface area contributed by atoms with Gasteiger partial charge in [-0.15, -0.1) is 13.2 Å². The average Bonchev–Trinajstić information content (AvgIpc) is 3.56. The fourth-order valence-corrected chi connectivity index (χ4v) is 3.54. The molecule has 1 fully saturated rings. The predicted molar refractivity (Wildman–Crippen MR) is 128 cm³/mol. The average molecular weight is 500 g/mol. The van der Waals surface area contributed by atoms with E-state index in [1.54, 1.807) is 36.4 Å². The van der Waals surface area contributed by atoms with E-state index in [1.807, 2.05) is 12.1 Å². The van der Waals surface area contributed by atoms with Crippen molar-refractivity contribution in [2.24, 2.45) is 5.73 Å². The Labute approximate surface area is 204 Å². The molecular weight excluding hydrogens is 477 g/mol. The summed E-state index contributed by atoms with van der Waals surface area (Å²) in [6.07, 6.45) is -5.13. The van der Waals surface area contributed by atoms with E-state index >= 15 is 0 Å². The van der Waals surface area contributed by atoms with Crippen molar-refractivity contribution in [2.45, 2.75) is 31.3 Å². The van der Waals surface area contributed by atoms with E-state index in [0.29, 0.717) is 17.2 Å². The van der Waals surface area contributed by atoms with Crippen molar-refractivity contribution in [3.63, 3.8) is 0 Å². The summed E-state index contributed by atoms with van der Waals surface area (Å²) in [5.74, 6) is -1.16. The molecule has 3 aromatic rings. The second-order valence-electron chi connectivity index (χ2n) is 8.25. The summed E-state index contributed by atoms with van der Waals surface area (Å²) in [5.41, 5.74) is 13.5. The molecule has 0 aliphatic heterocycles. The lowest BCUT2D eigenvalue weighted by molar-refractivity contribution is -0.274. The summed E-state index contributed by atoms with van der Waals surface area (Å²) in [6.45, 7) is -0.0999. The van der Waals surface area contributed by atoms with Gasteiger partial charge in [0.05, 0.1) is 17.1 Å². The zero-order chi connectivity index (χ0) is 25.9. The highest BCUT2D eigenvalue weighted by Crippen LogP contribution is 2.39. The van der Waals surface area contributed by atoms with Gasteiger partial charge < -0.3 is 26.3 Å². The van der Waals surface area contributed by atoms with Crippen LogP contribution < -0.4 is 26.8 Å². The first-order valence-corrected chi connectivity index (χ1v) is 10.9. The molecule has 11 heteroatoms. The monoisotopic (exact) mass is 500 g/mol. The van der Waals surface area contributed by atoms with E-state index in [-0.39, 0.29) is 29.6 Å². The Hall–Kier alpha value is -4.25. The van der Waals surface area contributed by atoms with Crippen LogP contribution in [0.5, 0.6) is 5.75 Å². The van der Waals surface area contributed by atoms with Gasteiger partial charge in [0, 0.05) is 17.5 Å². The number of para-hydroxylation sites is 2. The van der Waals surface area contributed by atoms with Crippen molar-refractivity contribution < 1.29 is 32.2 Å². The number of halogens is 3. The van der Waals surface area contributed by atoms with Crippen molar-refractivity contribution in [3.05, 3.63) is 83.4 Å². The topological polar surface area (TPSA) is 129 Å². The van der Waals surface area contributed by atoms with Crippen LogP contribution in [0.25, 0.3) is 0 Å². The molecule has 2 atom stereocenters. The van der Waals surface area contributed by atoms with Crippen LogP contribution in [-0.2, 0) is 11.3 Å². The van der Waals surface area contributed by atoms with Gasteiger partial charge in [0.2, 0.25) is 0 Å². The number of nitrogen functional groups attached to an aromatic ring is 1. The Morgan fingerprint density at radius 3 is 2.31 bits per heavy atom. The quantitative estimate of drug-likeness (QED) is 0.339. The summed E-state index contributed by atoms with van der Waals surface area (Å²) in [7, 11) is 0. The van der Waals surface area contributed by atoms with Gasteiger partial charge in [0.25, 0.3) is 5.91 Å². The summed E-state index contributed by atoms with van der Waals surface area (Å²) in [6, 6.07) is 17.2. The van der Waals surface area contributed by atoms with Gasteiger partial charge in [-0.3, -0.25) is 10.1 Å². The zero-order valence-electron chi connectivity index (χ0n) is 18.8. The van der Waals surface area contributed by atoms with Gasteiger partial charge in [0.1, 0.15) is 6.61 Å². The van der Waals surface area contributed by atoms with Crippen LogP contribution in [0.3, 0.4) is 0 Å². The molecule has 36 heavy (non-hydrogen) atoms. The standard InChI is InChI=1S/C25H23F3N4O4/c26-25(27,28)36-22-11-16(23(33)31-20-4-2-1-3-18(20)29)9-10-21(22)32-24(34)35-13-14-5-7-15(8-6-14)17-12-19(17)30/h1-11,17,19H,12-13,29-30H2,(H,31,33)(H,32,34). The van der Waals surface area contributed by atoms with E-state index in [1.165, 1.54) is 6.07 Å². The summed E-state index contributed by atoms with van der Waals surface area (Å²) < 4.78 is 48.1. The van der Waals surface area contributed by atoms with Crippen LogP contribution in [0.1, 0.15) is 33.8 Å². The molecule has 8 nitrogen and oxygen atoms in total. The maximum Gasteiger partial charge on any atom is 0.573 e. The Morgan fingerprint density at radius 2 is 1.67 bits per heavy atom. The molecule has 1 aliphatic carbocycles.